The highest BCUT2D eigenvalue weighted by Crippen LogP contribution is 2.30. The van der Waals surface area contributed by atoms with Gasteiger partial charge in [0, 0.05) is 5.41 Å². The van der Waals surface area contributed by atoms with Gasteiger partial charge in [-0.15, -0.1) is 0 Å². The molecule has 1 rings (SSSR count). The van der Waals surface area contributed by atoms with Crippen molar-refractivity contribution < 1.29 is 9.84 Å². The number of rotatable bonds is 3. The van der Waals surface area contributed by atoms with E-state index in [1.807, 2.05) is 26.8 Å². The molecule has 0 heterocycles. The third-order valence-corrected chi connectivity index (χ3v) is 2.78. The molecule has 0 saturated heterocycles. The number of aryl methyl sites for hydroxylation is 1. The molecule has 0 aliphatic carbocycles. The van der Waals surface area contributed by atoms with Crippen molar-refractivity contribution >= 4 is 0 Å². The van der Waals surface area contributed by atoms with Gasteiger partial charge in [-0.2, -0.15) is 5.26 Å². The first-order valence-electron chi connectivity index (χ1n) is 5.16. The zero-order valence-corrected chi connectivity index (χ0v) is 10.2. The molecular weight excluding hydrogens is 202 g/mol. The van der Waals surface area contributed by atoms with E-state index in [1.54, 1.807) is 13.2 Å². The quantitative estimate of drug-likeness (QED) is 0.847. The first kappa shape index (κ1) is 12.5. The highest BCUT2D eigenvalue weighted by molar-refractivity contribution is 5.51. The Bertz CT molecular complexity index is 430. The molecule has 0 unspecified atom stereocenters. The maximum absolute atomic E-state index is 9.31. The van der Waals surface area contributed by atoms with E-state index in [9.17, 15) is 5.11 Å². The monoisotopic (exact) mass is 219 g/mol. The Morgan fingerprint density at radius 1 is 1.44 bits per heavy atom. The van der Waals surface area contributed by atoms with Crippen molar-refractivity contribution in [2.24, 2.45) is 0 Å². The molecule has 86 valence electrons. The van der Waals surface area contributed by atoms with Crippen LogP contribution in [0.25, 0.3) is 0 Å². The van der Waals surface area contributed by atoms with Crippen LogP contribution < -0.4 is 4.74 Å². The summed E-state index contributed by atoms with van der Waals surface area (Å²) in [6.45, 7) is 5.82. The summed E-state index contributed by atoms with van der Waals surface area (Å²) in [5, 5.41) is 18.4. The summed E-state index contributed by atoms with van der Waals surface area (Å²) in [5.74, 6) is 0.611. The summed E-state index contributed by atoms with van der Waals surface area (Å²) >= 11 is 0. The maximum Gasteiger partial charge on any atom is 0.139 e. The Kier molecular flexibility index (Phi) is 3.56. The van der Waals surface area contributed by atoms with Gasteiger partial charge in [-0.3, -0.25) is 0 Å². The second-order valence-electron chi connectivity index (χ2n) is 4.53. The molecule has 0 atom stereocenters. The van der Waals surface area contributed by atoms with Gasteiger partial charge < -0.3 is 9.84 Å². The van der Waals surface area contributed by atoms with Gasteiger partial charge in [-0.1, -0.05) is 19.9 Å². The SMILES string of the molecule is COc1c(C)cc(C(C)(C)CO)cc1C#N. The minimum Gasteiger partial charge on any atom is -0.495 e. The minimum atomic E-state index is -0.345. The van der Waals surface area contributed by atoms with Crippen LogP contribution in [0.2, 0.25) is 0 Å². The van der Waals surface area contributed by atoms with Gasteiger partial charge in [0.2, 0.25) is 0 Å². The van der Waals surface area contributed by atoms with Crippen LogP contribution in [0.1, 0.15) is 30.5 Å². The van der Waals surface area contributed by atoms with Gasteiger partial charge in [-0.25, -0.2) is 0 Å². The largest absolute Gasteiger partial charge is 0.495 e. The van der Waals surface area contributed by atoms with Gasteiger partial charge in [0.15, 0.2) is 0 Å². The van der Waals surface area contributed by atoms with Crippen LogP contribution in [0, 0.1) is 18.3 Å². The van der Waals surface area contributed by atoms with Crippen LogP contribution in [-0.4, -0.2) is 18.8 Å². The Hall–Kier alpha value is -1.53. The van der Waals surface area contributed by atoms with Gasteiger partial charge in [-0.05, 0) is 24.1 Å². The van der Waals surface area contributed by atoms with Crippen LogP contribution in [0.4, 0.5) is 0 Å². The summed E-state index contributed by atoms with van der Waals surface area (Å²) in [7, 11) is 1.56. The van der Waals surface area contributed by atoms with Crippen molar-refractivity contribution in [2.45, 2.75) is 26.2 Å². The molecule has 0 saturated carbocycles. The third kappa shape index (κ3) is 2.17. The van der Waals surface area contributed by atoms with Crippen molar-refractivity contribution in [3.8, 4) is 11.8 Å². The fourth-order valence-corrected chi connectivity index (χ4v) is 1.61. The number of aliphatic hydroxyl groups excluding tert-OH is 1. The zero-order valence-electron chi connectivity index (χ0n) is 10.2. The maximum atomic E-state index is 9.31. The average Bonchev–Trinajstić information content (AvgIpc) is 2.27. The predicted octanol–water partition coefficient (Wildman–Crippen LogP) is 2.15. The standard InChI is InChI=1S/C13H17NO2/c1-9-5-11(13(2,3)8-15)6-10(7-14)12(9)16-4/h5-6,15H,8H2,1-4H3. The summed E-state index contributed by atoms with van der Waals surface area (Å²) in [4.78, 5) is 0. The molecule has 1 aromatic rings. The average molecular weight is 219 g/mol. The fraction of sp³-hybridized carbons (Fsp3) is 0.462. The van der Waals surface area contributed by atoms with E-state index in [2.05, 4.69) is 6.07 Å². The smallest absolute Gasteiger partial charge is 0.139 e. The lowest BCUT2D eigenvalue weighted by molar-refractivity contribution is 0.218. The number of nitriles is 1. The molecule has 0 aromatic heterocycles. The van der Waals surface area contributed by atoms with E-state index in [0.29, 0.717) is 11.3 Å². The molecule has 0 aliphatic heterocycles. The molecule has 0 spiro atoms. The highest BCUT2D eigenvalue weighted by atomic mass is 16.5. The lowest BCUT2D eigenvalue weighted by Gasteiger charge is -2.23. The molecule has 0 amide bonds. The van der Waals surface area contributed by atoms with Gasteiger partial charge in [0.05, 0.1) is 19.3 Å². The molecule has 1 aromatic carbocycles. The van der Waals surface area contributed by atoms with Crippen LogP contribution in [0.3, 0.4) is 0 Å². The number of aliphatic hydroxyl groups is 1. The Labute approximate surface area is 96.3 Å². The van der Waals surface area contributed by atoms with Crippen LogP contribution in [0.15, 0.2) is 12.1 Å². The van der Waals surface area contributed by atoms with Crippen molar-refractivity contribution in [2.75, 3.05) is 13.7 Å². The molecule has 0 aliphatic rings. The number of benzene rings is 1. The lowest BCUT2D eigenvalue weighted by Crippen LogP contribution is -2.22. The number of ether oxygens (including phenoxy) is 1. The number of hydrogen-bond donors (Lipinski definition) is 1. The second kappa shape index (κ2) is 4.54. The Morgan fingerprint density at radius 2 is 2.06 bits per heavy atom. The fourth-order valence-electron chi connectivity index (χ4n) is 1.61. The van der Waals surface area contributed by atoms with E-state index in [1.165, 1.54) is 0 Å². The normalized spacial score (nSPS) is 11.0. The number of hydrogen-bond acceptors (Lipinski definition) is 3. The summed E-state index contributed by atoms with van der Waals surface area (Å²) in [5.41, 5.74) is 2.03. The summed E-state index contributed by atoms with van der Waals surface area (Å²) < 4.78 is 5.18. The number of methoxy groups -OCH3 is 1. The Balaban J connectivity index is 3.38. The summed E-state index contributed by atoms with van der Waals surface area (Å²) in [6.07, 6.45) is 0. The first-order chi connectivity index (χ1) is 7.46. The van der Waals surface area contributed by atoms with Gasteiger partial charge in [0.25, 0.3) is 0 Å². The molecule has 16 heavy (non-hydrogen) atoms. The highest BCUT2D eigenvalue weighted by Gasteiger charge is 2.22. The molecular formula is C13H17NO2. The topological polar surface area (TPSA) is 53.2 Å². The molecule has 0 radical (unpaired) electrons. The van der Waals surface area contributed by atoms with Crippen molar-refractivity contribution in [3.05, 3.63) is 28.8 Å². The predicted molar refractivity (Wildman–Crippen MR) is 62.6 cm³/mol. The van der Waals surface area contributed by atoms with E-state index >= 15 is 0 Å². The summed E-state index contributed by atoms with van der Waals surface area (Å²) in [6, 6.07) is 5.85. The zero-order chi connectivity index (χ0) is 12.3. The van der Waals surface area contributed by atoms with Crippen LogP contribution in [-0.2, 0) is 5.41 Å². The second-order valence-corrected chi connectivity index (χ2v) is 4.53. The first-order valence-corrected chi connectivity index (χ1v) is 5.16. The Morgan fingerprint density at radius 3 is 2.50 bits per heavy atom. The molecule has 3 heteroatoms. The van der Waals surface area contributed by atoms with Gasteiger partial charge >= 0.3 is 0 Å². The van der Waals surface area contributed by atoms with Crippen molar-refractivity contribution in [1.82, 2.24) is 0 Å². The molecule has 1 N–H and O–H groups in total. The lowest BCUT2D eigenvalue weighted by atomic mass is 9.83. The van der Waals surface area contributed by atoms with Crippen LogP contribution in [0.5, 0.6) is 5.75 Å². The van der Waals surface area contributed by atoms with Gasteiger partial charge in [0.1, 0.15) is 11.8 Å². The van der Waals surface area contributed by atoms with E-state index < -0.39 is 0 Å². The molecule has 3 nitrogen and oxygen atoms in total. The van der Waals surface area contributed by atoms with E-state index in [4.69, 9.17) is 10.00 Å². The molecule has 0 bridgehead atoms. The molecule has 0 fully saturated rings. The van der Waals surface area contributed by atoms with Crippen molar-refractivity contribution in [3.63, 3.8) is 0 Å². The van der Waals surface area contributed by atoms with E-state index in [0.717, 1.165) is 11.1 Å². The van der Waals surface area contributed by atoms with E-state index in [-0.39, 0.29) is 12.0 Å². The third-order valence-electron chi connectivity index (χ3n) is 2.78. The van der Waals surface area contributed by atoms with Crippen LogP contribution >= 0.6 is 0 Å². The van der Waals surface area contributed by atoms with Crippen molar-refractivity contribution in [1.29, 1.82) is 5.26 Å². The minimum absolute atomic E-state index is 0.0453. The number of nitrogens with zero attached hydrogens (tertiary/aromatic N) is 1.